The van der Waals surface area contributed by atoms with E-state index in [0.29, 0.717) is 12.1 Å². The third-order valence-electron chi connectivity index (χ3n) is 6.35. The molecule has 0 saturated heterocycles. The molecule has 184 valence electrons. The lowest BCUT2D eigenvalue weighted by Gasteiger charge is -2.33. The molecule has 2 amide bonds. The number of rotatable bonds is 10. The third-order valence-corrected chi connectivity index (χ3v) is 7.47. The molecule has 34 heavy (non-hydrogen) atoms. The monoisotopic (exact) mass is 485 g/mol. The lowest BCUT2D eigenvalue weighted by atomic mass is 10.1. The van der Waals surface area contributed by atoms with Crippen LogP contribution in [0.3, 0.4) is 0 Å². The van der Waals surface area contributed by atoms with E-state index in [1.165, 1.54) is 4.90 Å². The zero-order chi connectivity index (χ0) is 24.7. The largest absolute Gasteiger partial charge is 0.352 e. The number of sulfonamides is 1. The Hall–Kier alpha value is -2.87. The van der Waals surface area contributed by atoms with Gasteiger partial charge < -0.3 is 10.2 Å². The molecule has 1 atom stereocenters. The van der Waals surface area contributed by atoms with Gasteiger partial charge in [0.2, 0.25) is 21.8 Å². The van der Waals surface area contributed by atoms with Crippen LogP contribution in [0.15, 0.2) is 54.6 Å². The van der Waals surface area contributed by atoms with E-state index < -0.39 is 22.0 Å². The normalized spacial score (nSPS) is 15.0. The summed E-state index contributed by atoms with van der Waals surface area (Å²) in [7, 11) is -3.73. The van der Waals surface area contributed by atoms with Gasteiger partial charge in [-0.15, -0.1) is 0 Å². The number of hydrogen-bond acceptors (Lipinski definition) is 4. The molecule has 0 radical (unpaired) electrons. The van der Waals surface area contributed by atoms with Gasteiger partial charge in [0.15, 0.2) is 0 Å². The topological polar surface area (TPSA) is 86.8 Å². The Bertz CT molecular complexity index is 1080. The number of carbonyl (C=O) groups is 2. The highest BCUT2D eigenvalue weighted by Gasteiger charge is 2.33. The predicted molar refractivity (Wildman–Crippen MR) is 135 cm³/mol. The lowest BCUT2D eigenvalue weighted by Crippen LogP contribution is -2.53. The Labute approximate surface area is 203 Å². The minimum absolute atomic E-state index is 0.134. The van der Waals surface area contributed by atoms with E-state index in [2.05, 4.69) is 5.32 Å². The molecular weight excluding hydrogens is 450 g/mol. The Kier molecular flexibility index (Phi) is 8.72. The molecule has 3 rings (SSSR count). The third kappa shape index (κ3) is 6.59. The van der Waals surface area contributed by atoms with Crippen molar-refractivity contribution in [1.29, 1.82) is 0 Å². The summed E-state index contributed by atoms with van der Waals surface area (Å²) in [5.41, 5.74) is 2.09. The fraction of sp³-hybridized carbons (Fsp3) is 0.462. The molecule has 0 heterocycles. The van der Waals surface area contributed by atoms with Crippen LogP contribution in [0.25, 0.3) is 0 Å². The van der Waals surface area contributed by atoms with E-state index in [9.17, 15) is 18.0 Å². The first-order valence-electron chi connectivity index (χ1n) is 11.9. The van der Waals surface area contributed by atoms with Crippen molar-refractivity contribution in [1.82, 2.24) is 10.2 Å². The predicted octanol–water partition coefficient (Wildman–Crippen LogP) is 3.63. The second-order valence-corrected chi connectivity index (χ2v) is 10.9. The molecule has 1 aliphatic carbocycles. The van der Waals surface area contributed by atoms with Crippen molar-refractivity contribution >= 4 is 27.5 Å². The first-order valence-corrected chi connectivity index (χ1v) is 13.7. The van der Waals surface area contributed by atoms with Gasteiger partial charge in [0, 0.05) is 12.6 Å². The summed E-state index contributed by atoms with van der Waals surface area (Å²) in [4.78, 5) is 28.4. The van der Waals surface area contributed by atoms with Crippen LogP contribution in [0.1, 0.15) is 50.2 Å². The van der Waals surface area contributed by atoms with Crippen LogP contribution < -0.4 is 9.62 Å². The molecule has 2 aromatic carbocycles. The second kappa shape index (κ2) is 11.5. The second-order valence-electron chi connectivity index (χ2n) is 8.98. The van der Waals surface area contributed by atoms with E-state index in [1.807, 2.05) is 56.3 Å². The van der Waals surface area contributed by atoms with Crippen LogP contribution in [0.2, 0.25) is 0 Å². The molecule has 7 nitrogen and oxygen atoms in total. The number of nitrogens with one attached hydrogen (secondary N) is 1. The maximum absolute atomic E-state index is 13.7. The Morgan fingerprint density at radius 3 is 2.24 bits per heavy atom. The quantitative estimate of drug-likeness (QED) is 0.557. The van der Waals surface area contributed by atoms with Gasteiger partial charge in [-0.3, -0.25) is 13.9 Å². The maximum atomic E-state index is 13.7. The van der Waals surface area contributed by atoms with Crippen molar-refractivity contribution in [2.24, 2.45) is 0 Å². The molecule has 1 saturated carbocycles. The maximum Gasteiger partial charge on any atom is 0.244 e. The Balaban J connectivity index is 1.91. The highest BCUT2D eigenvalue weighted by Crippen LogP contribution is 2.23. The number of aryl methyl sites for hydroxylation is 1. The standard InChI is InChI=1S/C26H35N3O4S/c1-4-23(26(31)27-22-15-9-10-16-22)28(18-21-13-6-5-7-14-21)25(30)19-29(34(3,32)33)24-17-11-8-12-20(24)2/h5-8,11-14,17,22-23H,4,9-10,15-16,18-19H2,1-3H3,(H,27,31). The van der Waals surface area contributed by atoms with E-state index in [-0.39, 0.29) is 25.0 Å². The minimum atomic E-state index is -3.73. The molecule has 0 aliphatic heterocycles. The van der Waals surface area contributed by atoms with E-state index in [0.717, 1.165) is 47.4 Å². The van der Waals surface area contributed by atoms with E-state index in [1.54, 1.807) is 12.1 Å². The van der Waals surface area contributed by atoms with E-state index >= 15 is 0 Å². The number of nitrogens with zero attached hydrogens (tertiary/aromatic N) is 2. The van der Waals surface area contributed by atoms with Crippen molar-refractivity contribution in [3.05, 3.63) is 65.7 Å². The number of anilines is 1. The summed E-state index contributed by atoms with van der Waals surface area (Å²) in [5, 5.41) is 3.11. The first-order chi connectivity index (χ1) is 16.2. The molecule has 0 aromatic heterocycles. The van der Waals surface area contributed by atoms with Crippen molar-refractivity contribution in [2.75, 3.05) is 17.1 Å². The zero-order valence-electron chi connectivity index (χ0n) is 20.2. The van der Waals surface area contributed by atoms with Gasteiger partial charge in [0.1, 0.15) is 12.6 Å². The molecule has 0 bridgehead atoms. The van der Waals surface area contributed by atoms with Crippen LogP contribution in [0.4, 0.5) is 5.69 Å². The SMILES string of the molecule is CCC(C(=O)NC1CCCC1)N(Cc1ccccc1)C(=O)CN(c1ccccc1C)S(C)(=O)=O. The summed E-state index contributed by atoms with van der Waals surface area (Å²) in [6.07, 6.45) is 5.61. The zero-order valence-corrected chi connectivity index (χ0v) is 21.1. The van der Waals surface area contributed by atoms with Gasteiger partial charge in [0.25, 0.3) is 0 Å². The highest BCUT2D eigenvalue weighted by atomic mass is 32.2. The van der Waals surface area contributed by atoms with Crippen LogP contribution in [0, 0.1) is 6.92 Å². The molecule has 1 unspecified atom stereocenters. The van der Waals surface area contributed by atoms with E-state index in [4.69, 9.17) is 0 Å². The fourth-order valence-electron chi connectivity index (χ4n) is 4.51. The Morgan fingerprint density at radius 1 is 1.03 bits per heavy atom. The molecule has 0 spiro atoms. The minimum Gasteiger partial charge on any atom is -0.352 e. The summed E-state index contributed by atoms with van der Waals surface area (Å²) in [6.45, 7) is 3.54. The van der Waals surface area contributed by atoms with Gasteiger partial charge in [0.05, 0.1) is 11.9 Å². The van der Waals surface area contributed by atoms with Gasteiger partial charge in [-0.1, -0.05) is 68.3 Å². The number of para-hydroxylation sites is 1. The van der Waals surface area contributed by atoms with Gasteiger partial charge in [-0.05, 0) is 43.4 Å². The number of carbonyl (C=O) groups excluding carboxylic acids is 2. The molecule has 1 N–H and O–H groups in total. The lowest BCUT2D eigenvalue weighted by molar-refractivity contribution is -0.140. The molecule has 1 aliphatic rings. The molecular formula is C26H35N3O4S. The smallest absolute Gasteiger partial charge is 0.244 e. The first kappa shape index (κ1) is 25.7. The van der Waals surface area contributed by atoms with Gasteiger partial charge in [-0.25, -0.2) is 8.42 Å². The summed E-state index contributed by atoms with van der Waals surface area (Å²) in [6, 6.07) is 16.0. The van der Waals surface area contributed by atoms with Crippen molar-refractivity contribution in [3.8, 4) is 0 Å². The average molecular weight is 486 g/mol. The number of benzene rings is 2. The van der Waals surface area contributed by atoms with Gasteiger partial charge >= 0.3 is 0 Å². The van der Waals surface area contributed by atoms with Crippen LogP contribution in [-0.4, -0.2) is 50.0 Å². The molecule has 8 heteroatoms. The average Bonchev–Trinajstić information content (AvgIpc) is 3.31. The summed E-state index contributed by atoms with van der Waals surface area (Å²) < 4.78 is 26.5. The van der Waals surface area contributed by atoms with Crippen LogP contribution in [-0.2, 0) is 26.2 Å². The van der Waals surface area contributed by atoms with Crippen molar-refractivity contribution in [3.63, 3.8) is 0 Å². The van der Waals surface area contributed by atoms with Crippen molar-refractivity contribution in [2.45, 2.75) is 64.6 Å². The van der Waals surface area contributed by atoms with Crippen LogP contribution in [0.5, 0.6) is 0 Å². The number of hydrogen-bond donors (Lipinski definition) is 1. The van der Waals surface area contributed by atoms with Crippen molar-refractivity contribution < 1.29 is 18.0 Å². The fourth-order valence-corrected chi connectivity index (χ4v) is 5.41. The molecule has 2 aromatic rings. The van der Waals surface area contributed by atoms with Gasteiger partial charge in [-0.2, -0.15) is 0 Å². The number of amides is 2. The molecule has 1 fully saturated rings. The summed E-state index contributed by atoms with van der Waals surface area (Å²) in [5.74, 6) is -0.591. The summed E-state index contributed by atoms with van der Waals surface area (Å²) >= 11 is 0. The highest BCUT2D eigenvalue weighted by molar-refractivity contribution is 7.92. The Morgan fingerprint density at radius 2 is 1.65 bits per heavy atom. The van der Waals surface area contributed by atoms with Crippen LogP contribution >= 0.6 is 0 Å².